The zero-order valence-electron chi connectivity index (χ0n) is 12.2. The number of nitriles is 1. The van der Waals surface area contributed by atoms with E-state index in [1.54, 1.807) is 13.8 Å². The van der Waals surface area contributed by atoms with E-state index in [-0.39, 0.29) is 12.4 Å². The number of aryl methyl sites for hydroxylation is 1. The van der Waals surface area contributed by atoms with Gasteiger partial charge in [0.1, 0.15) is 24.1 Å². The van der Waals surface area contributed by atoms with Crippen LogP contribution in [0.2, 0.25) is 0 Å². The Morgan fingerprint density at radius 3 is 2.73 bits per heavy atom. The summed E-state index contributed by atoms with van der Waals surface area (Å²) in [5.41, 5.74) is 1.86. The summed E-state index contributed by atoms with van der Waals surface area (Å²) in [6.07, 6.45) is 0. The Kier molecular flexibility index (Phi) is 4.84. The minimum atomic E-state index is -0.760. The number of anilines is 1. The van der Waals surface area contributed by atoms with Crippen molar-refractivity contribution in [1.82, 2.24) is 10.2 Å². The molecule has 0 radical (unpaired) electrons. The molecule has 0 aliphatic heterocycles. The molecule has 114 valence electrons. The molecule has 0 atom stereocenters. The van der Waals surface area contributed by atoms with Crippen LogP contribution in [-0.2, 0) is 0 Å². The van der Waals surface area contributed by atoms with Crippen LogP contribution in [0.15, 0.2) is 18.2 Å². The van der Waals surface area contributed by atoms with E-state index in [1.165, 1.54) is 6.07 Å². The maximum absolute atomic E-state index is 13.4. The molecule has 5 nitrogen and oxygen atoms in total. The van der Waals surface area contributed by atoms with Crippen molar-refractivity contribution in [3.63, 3.8) is 0 Å². The lowest BCUT2D eigenvalue weighted by molar-refractivity contribution is 0.314. The molecule has 0 saturated carbocycles. The number of rotatable bonds is 5. The molecule has 0 saturated heterocycles. The summed E-state index contributed by atoms with van der Waals surface area (Å²) in [4.78, 5) is 0. The topological polar surface area (TPSA) is 70.8 Å². The minimum absolute atomic E-state index is 0.0325. The molecular weight excluding hydrogens is 290 g/mol. The van der Waals surface area contributed by atoms with Gasteiger partial charge in [-0.1, -0.05) is 0 Å². The molecular formula is C15H14F2N4O. The second-order valence-electron chi connectivity index (χ2n) is 4.60. The fraction of sp³-hybridized carbons (Fsp3) is 0.267. The summed E-state index contributed by atoms with van der Waals surface area (Å²) in [5, 5.41) is 19.9. The van der Waals surface area contributed by atoms with E-state index in [4.69, 9.17) is 10.00 Å². The van der Waals surface area contributed by atoms with Crippen LogP contribution >= 0.6 is 0 Å². The average molecular weight is 304 g/mol. The molecule has 1 aromatic heterocycles. The van der Waals surface area contributed by atoms with Gasteiger partial charge in [0.2, 0.25) is 0 Å². The Morgan fingerprint density at radius 2 is 2.05 bits per heavy atom. The number of nitrogens with zero attached hydrogens (tertiary/aromatic N) is 3. The van der Waals surface area contributed by atoms with Gasteiger partial charge in [0.15, 0.2) is 17.4 Å². The fourth-order valence-electron chi connectivity index (χ4n) is 1.79. The quantitative estimate of drug-likeness (QED) is 0.860. The summed E-state index contributed by atoms with van der Waals surface area (Å²) in [7, 11) is 0. The molecule has 22 heavy (non-hydrogen) atoms. The number of hydrogen-bond acceptors (Lipinski definition) is 5. The van der Waals surface area contributed by atoms with Crippen LogP contribution in [0.1, 0.15) is 16.8 Å². The van der Waals surface area contributed by atoms with Crippen molar-refractivity contribution in [2.24, 2.45) is 0 Å². The molecule has 2 rings (SSSR count). The predicted molar refractivity (Wildman–Crippen MR) is 76.6 cm³/mol. The van der Waals surface area contributed by atoms with Crippen LogP contribution in [0, 0.1) is 36.8 Å². The third-order valence-corrected chi connectivity index (χ3v) is 3.11. The number of aromatic nitrogens is 2. The molecule has 1 aromatic carbocycles. The number of ether oxygens (including phenoxy) is 1. The second-order valence-corrected chi connectivity index (χ2v) is 4.60. The number of hydrogen-bond donors (Lipinski definition) is 1. The maximum Gasteiger partial charge on any atom is 0.167 e. The van der Waals surface area contributed by atoms with Crippen molar-refractivity contribution in [3.05, 3.63) is 46.7 Å². The van der Waals surface area contributed by atoms with Crippen LogP contribution in [-0.4, -0.2) is 23.3 Å². The van der Waals surface area contributed by atoms with E-state index in [2.05, 4.69) is 21.6 Å². The molecule has 0 spiro atoms. The van der Waals surface area contributed by atoms with E-state index in [0.717, 1.165) is 17.7 Å². The molecule has 7 heteroatoms. The Labute approximate surface area is 126 Å². The molecule has 1 heterocycles. The first-order valence-corrected chi connectivity index (χ1v) is 6.58. The van der Waals surface area contributed by atoms with Gasteiger partial charge in [-0.05, 0) is 31.5 Å². The Hall–Kier alpha value is -2.75. The normalized spacial score (nSPS) is 10.1. The van der Waals surface area contributed by atoms with E-state index in [9.17, 15) is 8.78 Å². The van der Waals surface area contributed by atoms with Gasteiger partial charge in [0.25, 0.3) is 0 Å². The third-order valence-electron chi connectivity index (χ3n) is 3.11. The highest BCUT2D eigenvalue weighted by Gasteiger charge is 2.10. The van der Waals surface area contributed by atoms with Crippen molar-refractivity contribution >= 4 is 5.82 Å². The maximum atomic E-state index is 13.4. The Bertz CT molecular complexity index is 728. The zero-order chi connectivity index (χ0) is 16.1. The number of nitrogens with one attached hydrogen (secondary N) is 1. The van der Waals surface area contributed by atoms with Gasteiger partial charge in [0.05, 0.1) is 12.2 Å². The minimum Gasteiger partial charge on any atom is -0.489 e. The predicted octanol–water partition coefficient (Wildman–Crippen LogP) is 2.73. The molecule has 0 aliphatic rings. The highest BCUT2D eigenvalue weighted by molar-refractivity contribution is 5.55. The van der Waals surface area contributed by atoms with Crippen molar-refractivity contribution in [3.8, 4) is 11.8 Å². The van der Waals surface area contributed by atoms with E-state index in [1.807, 2.05) is 0 Å². The number of halogens is 2. The molecule has 0 aliphatic carbocycles. The lowest BCUT2D eigenvalue weighted by Crippen LogP contribution is -2.15. The first-order valence-electron chi connectivity index (χ1n) is 6.58. The van der Waals surface area contributed by atoms with Crippen molar-refractivity contribution in [2.45, 2.75) is 13.8 Å². The van der Waals surface area contributed by atoms with E-state index < -0.39 is 11.6 Å². The summed E-state index contributed by atoms with van der Waals surface area (Å²) in [5.74, 6) is -1.10. The Balaban J connectivity index is 1.95. The summed E-state index contributed by atoms with van der Waals surface area (Å²) in [6, 6.07) is 5.17. The molecule has 0 fully saturated rings. The highest BCUT2D eigenvalue weighted by Crippen LogP contribution is 2.18. The van der Waals surface area contributed by atoms with Crippen LogP contribution < -0.4 is 10.1 Å². The lowest BCUT2D eigenvalue weighted by atomic mass is 10.1. The van der Waals surface area contributed by atoms with Gasteiger partial charge >= 0.3 is 0 Å². The van der Waals surface area contributed by atoms with E-state index >= 15 is 0 Å². The largest absolute Gasteiger partial charge is 0.489 e. The third kappa shape index (κ3) is 3.47. The van der Waals surface area contributed by atoms with E-state index in [0.29, 0.717) is 23.6 Å². The molecule has 0 unspecified atom stereocenters. The molecule has 1 N–H and O–H groups in total. The monoisotopic (exact) mass is 304 g/mol. The highest BCUT2D eigenvalue weighted by atomic mass is 19.1. The average Bonchev–Trinajstić information content (AvgIpc) is 2.49. The van der Waals surface area contributed by atoms with Gasteiger partial charge in [-0.15, -0.1) is 5.10 Å². The number of benzene rings is 1. The summed E-state index contributed by atoms with van der Waals surface area (Å²) >= 11 is 0. The summed E-state index contributed by atoms with van der Waals surface area (Å²) < 4.78 is 31.3. The summed E-state index contributed by atoms with van der Waals surface area (Å²) in [6.45, 7) is 3.98. The molecule has 0 amide bonds. The van der Waals surface area contributed by atoms with Gasteiger partial charge in [-0.3, -0.25) is 0 Å². The molecule has 2 aromatic rings. The van der Waals surface area contributed by atoms with Crippen LogP contribution in [0.25, 0.3) is 0 Å². The van der Waals surface area contributed by atoms with Crippen molar-refractivity contribution in [1.29, 1.82) is 5.26 Å². The first-order chi connectivity index (χ1) is 10.5. The SMILES string of the molecule is Cc1nnc(NCCOc2ccc(F)cc2F)c(C#N)c1C. The lowest BCUT2D eigenvalue weighted by Gasteiger charge is -2.11. The molecule has 0 bridgehead atoms. The van der Waals surface area contributed by atoms with Crippen LogP contribution in [0.3, 0.4) is 0 Å². The van der Waals surface area contributed by atoms with Crippen molar-refractivity contribution in [2.75, 3.05) is 18.5 Å². The van der Waals surface area contributed by atoms with Gasteiger partial charge < -0.3 is 10.1 Å². The van der Waals surface area contributed by atoms with Gasteiger partial charge in [-0.2, -0.15) is 10.4 Å². The smallest absolute Gasteiger partial charge is 0.167 e. The van der Waals surface area contributed by atoms with Crippen molar-refractivity contribution < 1.29 is 13.5 Å². The van der Waals surface area contributed by atoms with Gasteiger partial charge in [-0.25, -0.2) is 8.78 Å². The zero-order valence-corrected chi connectivity index (χ0v) is 12.2. The van der Waals surface area contributed by atoms with Crippen LogP contribution in [0.5, 0.6) is 5.75 Å². The van der Waals surface area contributed by atoms with Gasteiger partial charge in [0, 0.05) is 6.07 Å². The fourth-order valence-corrected chi connectivity index (χ4v) is 1.79. The Morgan fingerprint density at radius 1 is 1.27 bits per heavy atom. The first kappa shape index (κ1) is 15.6. The second kappa shape index (κ2) is 6.80. The van der Waals surface area contributed by atoms with Crippen LogP contribution in [0.4, 0.5) is 14.6 Å². The standard InChI is InChI=1S/C15H14F2N4O/c1-9-10(2)20-21-15(12(9)8-18)19-5-6-22-14-4-3-11(16)7-13(14)17/h3-4,7H,5-6H2,1-2H3,(H,19,21).